The van der Waals surface area contributed by atoms with Crippen LogP contribution in [0.2, 0.25) is 0 Å². The number of carboxylic acids is 3. The van der Waals surface area contributed by atoms with Crippen LogP contribution in [-0.4, -0.2) is 90.2 Å². The number of carbonyl (C=O) groups excluding carboxylic acids is 2. The molecule has 1 aromatic carbocycles. The molecule has 2 aliphatic heterocycles. The molecule has 52 heavy (non-hydrogen) atoms. The molecule has 0 bridgehead atoms. The summed E-state index contributed by atoms with van der Waals surface area (Å²) in [5.41, 5.74) is 1.11. The molecule has 1 saturated heterocycles. The smallest absolute Gasteiger partial charge is 0.323 e. The Balaban J connectivity index is 1.71. The lowest BCUT2D eigenvalue weighted by Gasteiger charge is -2.20. The maximum Gasteiger partial charge on any atom is 0.323 e. The molecule has 5 rings (SSSR count). The van der Waals surface area contributed by atoms with Gasteiger partial charge >= 0.3 is 17.9 Å². The molecule has 2 amide bonds. The highest BCUT2D eigenvalue weighted by molar-refractivity contribution is 8.23. The van der Waals surface area contributed by atoms with Crippen LogP contribution in [0.15, 0.2) is 37.7 Å². The van der Waals surface area contributed by atoms with E-state index in [9.17, 15) is 52.2 Å². The minimum Gasteiger partial charge on any atom is -0.480 e. The minimum atomic E-state index is -4.15. The summed E-state index contributed by atoms with van der Waals surface area (Å²) in [4.78, 5) is 90.6. The topological polar surface area (TPSA) is 251 Å². The number of thioether (sulfide) groups is 2. The second kappa shape index (κ2) is 15.2. The number of hydrogen-bond acceptors (Lipinski definition) is 14. The van der Waals surface area contributed by atoms with Crippen molar-refractivity contribution in [2.24, 2.45) is 0 Å². The summed E-state index contributed by atoms with van der Waals surface area (Å²) in [6, 6.07) is 3.96. The molecule has 1 fully saturated rings. The van der Waals surface area contributed by atoms with Crippen LogP contribution in [0.3, 0.4) is 0 Å². The Morgan fingerprint density at radius 3 is 2.00 bits per heavy atom. The second-order valence-corrected chi connectivity index (χ2v) is 17.0. The number of thiazole rings is 2. The van der Waals surface area contributed by atoms with E-state index in [2.05, 4.69) is 0 Å². The molecule has 4 N–H and O–H groups in total. The van der Waals surface area contributed by atoms with Gasteiger partial charge in [0.1, 0.15) is 38.4 Å². The fourth-order valence-electron chi connectivity index (χ4n) is 5.18. The highest BCUT2D eigenvalue weighted by Gasteiger charge is 2.38. The van der Waals surface area contributed by atoms with Gasteiger partial charge in [0.15, 0.2) is 0 Å². The first-order valence-corrected chi connectivity index (χ1v) is 19.8. The summed E-state index contributed by atoms with van der Waals surface area (Å²) in [6.45, 7) is 1.42. The van der Waals surface area contributed by atoms with Crippen molar-refractivity contribution in [3.05, 3.63) is 73.5 Å². The Morgan fingerprint density at radius 2 is 1.38 bits per heavy atom. The van der Waals surface area contributed by atoms with Crippen molar-refractivity contribution >= 4 is 102 Å². The second-order valence-electron chi connectivity index (χ2n) is 11.4. The lowest BCUT2D eigenvalue weighted by molar-refractivity contribution is -0.140. The number of rotatable bonds is 12. The standard InChI is InChI=1S/C30H28N4O13S5/c1-14-9-16-18(10-15(14)2)48-19(31(16)7-3-4-8-52(45,46)47)6-5-17-25(41)32(11-20(35)36)28(49-17)23-26(42)33(12-21(37)38)29(50-23)24-27(43)34(13-22(39)40)30(44)51-24/h5-6,9-10H,3-4,7-8,11-13H2,1-2H3,(H,35,36)(H,37,38)(H,39,40)(H,45,46,47)/b17-5-,19-6+,28-23+,29-24+. The van der Waals surface area contributed by atoms with Crippen molar-refractivity contribution in [1.29, 1.82) is 0 Å². The van der Waals surface area contributed by atoms with Crippen LogP contribution < -0.4 is 25.2 Å². The SMILES string of the molecule is Cc1cc2c(cc1C)N(CCCCS(=O)(=O)O)/C(=C\C=c1/s/c(=c3/s/c(=C4/SC(=O)N(CC(=O)O)C4=O)n(CC(=O)O)c3=O)n(CC(=O)O)c1=O)S2. The zero-order chi connectivity index (χ0) is 38.2. The van der Waals surface area contributed by atoms with Crippen molar-refractivity contribution in [3.8, 4) is 0 Å². The molecule has 0 aliphatic carbocycles. The fourth-order valence-corrected chi connectivity index (χ4v) is 10.3. The van der Waals surface area contributed by atoms with Crippen molar-refractivity contribution in [2.75, 3.05) is 23.7 Å². The summed E-state index contributed by atoms with van der Waals surface area (Å²) >= 11 is 3.00. The number of carboxylic acid groups (broad SMARTS) is 3. The summed E-state index contributed by atoms with van der Waals surface area (Å²) < 4.78 is 32.4. The van der Waals surface area contributed by atoms with Crippen LogP contribution in [0.25, 0.3) is 11.0 Å². The predicted octanol–water partition coefficient (Wildman–Crippen LogP) is 0.996. The van der Waals surface area contributed by atoms with E-state index in [1.807, 2.05) is 30.9 Å². The molecule has 2 aromatic heterocycles. The predicted molar refractivity (Wildman–Crippen MR) is 192 cm³/mol. The maximum absolute atomic E-state index is 13.7. The Bertz CT molecular complexity index is 2550. The maximum atomic E-state index is 13.7. The van der Waals surface area contributed by atoms with Crippen LogP contribution in [-0.2, 0) is 42.4 Å². The summed E-state index contributed by atoms with van der Waals surface area (Å²) in [7, 11) is -4.15. The van der Waals surface area contributed by atoms with Gasteiger partial charge in [-0.25, -0.2) is 0 Å². The van der Waals surface area contributed by atoms with E-state index >= 15 is 0 Å². The van der Waals surface area contributed by atoms with E-state index < -0.39 is 80.6 Å². The van der Waals surface area contributed by atoms with E-state index in [1.165, 1.54) is 17.8 Å². The number of imide groups is 1. The van der Waals surface area contributed by atoms with Crippen LogP contribution in [0.1, 0.15) is 24.0 Å². The molecule has 17 nitrogen and oxygen atoms in total. The van der Waals surface area contributed by atoms with E-state index in [4.69, 9.17) is 9.66 Å². The van der Waals surface area contributed by atoms with Crippen LogP contribution in [0.4, 0.5) is 10.5 Å². The monoisotopic (exact) mass is 812 g/mol. The van der Waals surface area contributed by atoms with E-state index in [1.54, 1.807) is 6.08 Å². The first-order valence-electron chi connectivity index (χ1n) is 15.0. The van der Waals surface area contributed by atoms with Crippen molar-refractivity contribution in [1.82, 2.24) is 14.0 Å². The molecular formula is C30H28N4O13S5. The number of aryl methyl sites for hydroxylation is 2. The number of aliphatic carboxylic acids is 3. The average Bonchev–Trinajstić information content (AvgIpc) is 3.72. The molecule has 276 valence electrons. The van der Waals surface area contributed by atoms with Gasteiger partial charge in [0, 0.05) is 11.4 Å². The van der Waals surface area contributed by atoms with Gasteiger partial charge < -0.3 is 20.2 Å². The molecule has 0 unspecified atom stereocenters. The van der Waals surface area contributed by atoms with Crippen LogP contribution in [0.5, 0.6) is 0 Å². The molecule has 0 atom stereocenters. The van der Waals surface area contributed by atoms with Gasteiger partial charge in [0.2, 0.25) is 0 Å². The molecule has 0 radical (unpaired) electrons. The first-order chi connectivity index (χ1) is 24.4. The van der Waals surface area contributed by atoms with Crippen molar-refractivity contribution in [2.45, 2.75) is 44.7 Å². The zero-order valence-corrected chi connectivity index (χ0v) is 31.1. The number of benzene rings is 1. The normalized spacial score (nSPS) is 17.4. The molecule has 0 spiro atoms. The number of hydrogen-bond donors (Lipinski definition) is 4. The van der Waals surface area contributed by atoms with Gasteiger partial charge in [-0.1, -0.05) is 11.8 Å². The molecular weight excluding hydrogens is 785 g/mol. The lowest BCUT2D eigenvalue weighted by Crippen LogP contribution is -2.35. The number of nitrogens with zero attached hydrogens (tertiary/aromatic N) is 4. The fraction of sp³-hybridized carbons (Fsp3) is 0.300. The largest absolute Gasteiger partial charge is 0.480 e. The average molecular weight is 813 g/mol. The molecule has 4 heterocycles. The van der Waals surface area contributed by atoms with E-state index in [0.717, 1.165) is 37.6 Å². The molecule has 0 saturated carbocycles. The highest BCUT2D eigenvalue weighted by Crippen LogP contribution is 2.47. The van der Waals surface area contributed by atoms with Crippen LogP contribution >= 0.6 is 46.2 Å². The highest BCUT2D eigenvalue weighted by atomic mass is 32.2. The number of amides is 2. The number of allylic oxidation sites excluding steroid dienone is 1. The number of carbonyl (C=O) groups is 5. The van der Waals surface area contributed by atoms with Gasteiger partial charge in [0.25, 0.3) is 32.4 Å². The lowest BCUT2D eigenvalue weighted by atomic mass is 10.1. The Labute approximate surface area is 308 Å². The third-order valence-corrected chi connectivity index (χ3v) is 13.1. The first kappa shape index (κ1) is 38.7. The third-order valence-electron chi connectivity index (χ3n) is 7.67. The quantitative estimate of drug-likeness (QED) is 0.147. The molecule has 3 aromatic rings. The van der Waals surface area contributed by atoms with Crippen LogP contribution in [0, 0.1) is 23.0 Å². The Morgan fingerprint density at radius 1 is 0.769 bits per heavy atom. The number of fused-ring (bicyclic) bond motifs is 1. The summed E-state index contributed by atoms with van der Waals surface area (Å²) in [5, 5.41) is 28.0. The number of aromatic nitrogens is 2. The number of anilines is 1. The van der Waals surface area contributed by atoms with Crippen molar-refractivity contribution < 1.29 is 52.3 Å². The Kier molecular flexibility index (Phi) is 11.4. The number of unbranched alkanes of at least 4 members (excludes halogenated alkanes) is 1. The zero-order valence-electron chi connectivity index (χ0n) is 27.1. The summed E-state index contributed by atoms with van der Waals surface area (Å²) in [6.07, 6.45) is 3.63. The van der Waals surface area contributed by atoms with Crippen molar-refractivity contribution in [3.63, 3.8) is 0 Å². The summed E-state index contributed by atoms with van der Waals surface area (Å²) in [5.74, 6) is -5.89. The third kappa shape index (κ3) is 8.26. The van der Waals surface area contributed by atoms with E-state index in [0.29, 0.717) is 50.6 Å². The Hall–Kier alpha value is -4.48. The minimum absolute atomic E-state index is 0.0000855. The van der Waals surface area contributed by atoms with Gasteiger partial charge in [-0.2, -0.15) is 8.42 Å². The van der Waals surface area contributed by atoms with Gasteiger partial charge in [-0.05, 0) is 73.9 Å². The molecule has 2 aliphatic rings. The van der Waals surface area contributed by atoms with Gasteiger partial charge in [-0.15, -0.1) is 22.7 Å². The van der Waals surface area contributed by atoms with Gasteiger partial charge in [-0.3, -0.25) is 52.1 Å². The van der Waals surface area contributed by atoms with Gasteiger partial charge in [0.05, 0.1) is 21.0 Å². The van der Waals surface area contributed by atoms with E-state index in [-0.39, 0.29) is 24.8 Å². The molecule has 22 heteroatoms.